The average molecular weight is 395 g/mol. The van der Waals surface area contributed by atoms with Crippen LogP contribution >= 0.6 is 0 Å². The van der Waals surface area contributed by atoms with E-state index in [-0.39, 0.29) is 22.9 Å². The molecule has 2 fully saturated rings. The summed E-state index contributed by atoms with van der Waals surface area (Å²) in [5.74, 6) is 0.370. The van der Waals surface area contributed by atoms with Crippen LogP contribution in [0.5, 0.6) is 0 Å². The van der Waals surface area contributed by atoms with E-state index in [0.29, 0.717) is 43.6 Å². The van der Waals surface area contributed by atoms with Gasteiger partial charge in [-0.1, -0.05) is 5.16 Å². The zero-order chi connectivity index (χ0) is 19.1. The van der Waals surface area contributed by atoms with Crippen LogP contribution in [0.25, 0.3) is 11.4 Å². The molecule has 0 aliphatic carbocycles. The molecule has 1 atom stereocenters. The van der Waals surface area contributed by atoms with E-state index in [2.05, 4.69) is 10.1 Å². The summed E-state index contributed by atoms with van der Waals surface area (Å²) < 4.78 is 50.6. The molecule has 1 spiro atoms. The molecule has 0 amide bonds. The van der Waals surface area contributed by atoms with Gasteiger partial charge in [0.15, 0.2) is 0 Å². The molecule has 7 nitrogen and oxygen atoms in total. The lowest BCUT2D eigenvalue weighted by Gasteiger charge is -2.36. The van der Waals surface area contributed by atoms with Crippen molar-refractivity contribution in [2.45, 2.75) is 25.7 Å². The van der Waals surface area contributed by atoms with Gasteiger partial charge >= 0.3 is 0 Å². The molecular weight excluding hydrogens is 373 g/mol. The summed E-state index contributed by atoms with van der Waals surface area (Å²) in [6, 6.07) is 5.88. The van der Waals surface area contributed by atoms with E-state index in [1.165, 1.54) is 12.1 Å². The molecule has 0 unspecified atom stereocenters. The molecule has 0 N–H and O–H groups in total. The minimum atomic E-state index is -3.30. The van der Waals surface area contributed by atoms with Crippen molar-refractivity contribution < 1.29 is 22.1 Å². The number of benzene rings is 1. The first-order valence-corrected chi connectivity index (χ1v) is 10.7. The summed E-state index contributed by atoms with van der Waals surface area (Å²) in [5.41, 5.74) is 0.399. The van der Waals surface area contributed by atoms with Crippen molar-refractivity contribution in [1.82, 2.24) is 14.4 Å². The first-order chi connectivity index (χ1) is 12.9. The Morgan fingerprint density at radius 2 is 1.96 bits per heavy atom. The van der Waals surface area contributed by atoms with Crippen molar-refractivity contribution in [2.75, 3.05) is 32.1 Å². The highest BCUT2D eigenvalue weighted by Crippen LogP contribution is 2.50. The van der Waals surface area contributed by atoms with E-state index in [1.807, 2.05) is 0 Å². The predicted octanol–water partition coefficient (Wildman–Crippen LogP) is 2.42. The number of rotatable bonds is 4. The van der Waals surface area contributed by atoms with E-state index in [1.54, 1.807) is 23.4 Å². The van der Waals surface area contributed by atoms with Gasteiger partial charge in [-0.25, -0.2) is 17.1 Å². The number of nitrogens with zero attached hydrogens (tertiary/aromatic N) is 3. The van der Waals surface area contributed by atoms with Crippen LogP contribution in [0, 0.1) is 11.2 Å². The monoisotopic (exact) mass is 395 g/mol. The fraction of sp³-hybridized carbons (Fsp3) is 0.556. The normalized spacial score (nSPS) is 23.1. The van der Waals surface area contributed by atoms with Crippen molar-refractivity contribution in [1.29, 1.82) is 0 Å². The highest BCUT2D eigenvalue weighted by atomic mass is 32.2. The van der Waals surface area contributed by atoms with E-state index in [0.717, 1.165) is 12.8 Å². The van der Waals surface area contributed by atoms with Gasteiger partial charge in [0, 0.05) is 37.3 Å². The van der Waals surface area contributed by atoms with Gasteiger partial charge in [-0.05, 0) is 44.0 Å². The van der Waals surface area contributed by atoms with E-state index in [9.17, 15) is 12.8 Å². The third-order valence-electron chi connectivity index (χ3n) is 5.71. The Morgan fingerprint density at radius 1 is 1.26 bits per heavy atom. The third kappa shape index (κ3) is 3.39. The van der Waals surface area contributed by atoms with Crippen molar-refractivity contribution in [2.24, 2.45) is 5.41 Å². The van der Waals surface area contributed by atoms with Crippen molar-refractivity contribution in [3.8, 4) is 11.4 Å². The number of hydrogen-bond donors (Lipinski definition) is 0. The molecule has 2 aliphatic heterocycles. The predicted molar refractivity (Wildman–Crippen MR) is 96.0 cm³/mol. The van der Waals surface area contributed by atoms with Gasteiger partial charge in [0.2, 0.25) is 21.7 Å². The Hall–Kier alpha value is -1.84. The Morgan fingerprint density at radius 3 is 2.63 bits per heavy atom. The first-order valence-electron chi connectivity index (χ1n) is 9.09. The van der Waals surface area contributed by atoms with Gasteiger partial charge in [0.1, 0.15) is 5.82 Å². The molecule has 0 bridgehead atoms. The Kier molecular flexibility index (Phi) is 4.77. The molecule has 2 aromatic rings. The summed E-state index contributed by atoms with van der Waals surface area (Å²) in [6.07, 6.45) is 1.50. The SMILES string of the molecule is CCS(=O)(=O)N1C[C@H](c2nc(-c3ccc(F)cc3)no2)C2(CCOCC2)C1. The molecule has 1 aromatic carbocycles. The number of ether oxygens (including phenoxy) is 1. The minimum Gasteiger partial charge on any atom is -0.381 e. The zero-order valence-electron chi connectivity index (χ0n) is 15.1. The second-order valence-electron chi connectivity index (χ2n) is 7.18. The van der Waals surface area contributed by atoms with Crippen molar-refractivity contribution in [3.05, 3.63) is 36.0 Å². The van der Waals surface area contributed by atoms with Gasteiger partial charge in [-0.2, -0.15) is 4.98 Å². The number of sulfonamides is 1. The summed E-state index contributed by atoms with van der Waals surface area (Å²) in [4.78, 5) is 4.52. The van der Waals surface area contributed by atoms with Crippen LogP contribution in [0.3, 0.4) is 0 Å². The van der Waals surface area contributed by atoms with Crippen LogP contribution in [0.2, 0.25) is 0 Å². The molecule has 27 heavy (non-hydrogen) atoms. The van der Waals surface area contributed by atoms with Crippen molar-refractivity contribution >= 4 is 10.0 Å². The second kappa shape index (κ2) is 6.96. The van der Waals surface area contributed by atoms with Crippen molar-refractivity contribution in [3.63, 3.8) is 0 Å². The Bertz CT molecular complexity index is 907. The fourth-order valence-corrected chi connectivity index (χ4v) is 5.23. The molecule has 0 radical (unpaired) electrons. The maximum atomic E-state index is 13.1. The summed E-state index contributed by atoms with van der Waals surface area (Å²) in [5, 5.41) is 4.04. The maximum absolute atomic E-state index is 13.1. The lowest BCUT2D eigenvalue weighted by molar-refractivity contribution is 0.0104. The average Bonchev–Trinajstić information content (AvgIpc) is 3.29. The summed E-state index contributed by atoms with van der Waals surface area (Å²) in [6.45, 7) is 3.62. The van der Waals surface area contributed by atoms with Crippen LogP contribution in [0.4, 0.5) is 4.39 Å². The van der Waals surface area contributed by atoms with Gasteiger partial charge in [0.05, 0.1) is 11.7 Å². The standard InChI is InChI=1S/C18H22FN3O4S/c1-2-27(23,24)22-11-15(18(12-22)7-9-25-10-8-18)17-20-16(21-26-17)13-3-5-14(19)6-4-13/h3-6,15H,2,7-12H2,1H3/t15-/m1/s1. The third-order valence-corrected chi connectivity index (χ3v) is 7.50. The highest BCUT2D eigenvalue weighted by Gasteiger charge is 2.52. The quantitative estimate of drug-likeness (QED) is 0.790. The lowest BCUT2D eigenvalue weighted by Crippen LogP contribution is -2.37. The molecular formula is C18H22FN3O4S. The van der Waals surface area contributed by atoms with Gasteiger partial charge in [0.25, 0.3) is 0 Å². The van der Waals surface area contributed by atoms with E-state index in [4.69, 9.17) is 9.26 Å². The van der Waals surface area contributed by atoms with Gasteiger partial charge < -0.3 is 9.26 Å². The largest absolute Gasteiger partial charge is 0.381 e. The maximum Gasteiger partial charge on any atom is 0.232 e. The minimum absolute atomic E-state index is 0.0664. The van der Waals surface area contributed by atoms with Gasteiger partial charge in [-0.15, -0.1) is 0 Å². The fourth-order valence-electron chi connectivity index (χ4n) is 4.04. The van der Waals surface area contributed by atoms with Gasteiger partial charge in [-0.3, -0.25) is 0 Å². The highest BCUT2D eigenvalue weighted by molar-refractivity contribution is 7.89. The molecule has 2 saturated heterocycles. The van der Waals surface area contributed by atoms with Crippen LogP contribution in [0.15, 0.2) is 28.8 Å². The second-order valence-corrected chi connectivity index (χ2v) is 9.44. The molecule has 0 saturated carbocycles. The Labute approximate surface area is 157 Å². The topological polar surface area (TPSA) is 85.5 Å². The van der Waals surface area contributed by atoms with Crippen LogP contribution in [0.1, 0.15) is 31.6 Å². The zero-order valence-corrected chi connectivity index (χ0v) is 15.9. The molecule has 3 heterocycles. The number of hydrogen-bond acceptors (Lipinski definition) is 6. The summed E-state index contributed by atoms with van der Waals surface area (Å²) >= 11 is 0. The smallest absolute Gasteiger partial charge is 0.232 e. The number of aromatic nitrogens is 2. The molecule has 1 aromatic heterocycles. The van der Waals surface area contributed by atoms with E-state index < -0.39 is 10.0 Å². The molecule has 2 aliphatic rings. The summed E-state index contributed by atoms with van der Waals surface area (Å²) in [7, 11) is -3.30. The number of halogens is 1. The lowest BCUT2D eigenvalue weighted by atomic mass is 9.72. The van der Waals surface area contributed by atoms with Crippen LogP contribution in [-0.4, -0.2) is 54.9 Å². The molecule has 9 heteroatoms. The molecule has 146 valence electrons. The van der Waals surface area contributed by atoms with E-state index >= 15 is 0 Å². The van der Waals surface area contributed by atoms with Crippen LogP contribution in [-0.2, 0) is 14.8 Å². The van der Waals surface area contributed by atoms with Crippen LogP contribution < -0.4 is 0 Å². The molecule has 4 rings (SSSR count). The first kappa shape index (κ1) is 18.5. The Balaban J connectivity index is 1.67.